The summed E-state index contributed by atoms with van der Waals surface area (Å²) in [5.74, 6) is 2.52. The van der Waals surface area contributed by atoms with Crippen LogP contribution in [0.2, 0.25) is 0 Å². The zero-order valence-corrected chi connectivity index (χ0v) is 15.3. The van der Waals surface area contributed by atoms with Gasteiger partial charge in [0.15, 0.2) is 5.96 Å². The van der Waals surface area contributed by atoms with Crippen molar-refractivity contribution in [1.29, 1.82) is 0 Å². The summed E-state index contributed by atoms with van der Waals surface area (Å²) in [6.45, 7) is 9.20. The van der Waals surface area contributed by atoms with Crippen LogP contribution in [-0.4, -0.2) is 57.4 Å². The van der Waals surface area contributed by atoms with Crippen LogP contribution >= 0.6 is 0 Å². The number of nitrogens with zero attached hydrogens (tertiary/aromatic N) is 2. The van der Waals surface area contributed by atoms with Gasteiger partial charge in [-0.3, -0.25) is 4.99 Å². The van der Waals surface area contributed by atoms with Crippen LogP contribution in [-0.2, 0) is 11.2 Å². The highest BCUT2D eigenvalue weighted by Gasteiger charge is 2.18. The van der Waals surface area contributed by atoms with Crippen LogP contribution in [0.25, 0.3) is 0 Å². The van der Waals surface area contributed by atoms with E-state index >= 15 is 0 Å². The Bertz CT molecular complexity index is 513. The molecule has 24 heavy (non-hydrogen) atoms. The van der Waals surface area contributed by atoms with Crippen LogP contribution in [0.1, 0.15) is 25.8 Å². The average Bonchev–Trinajstić information content (AvgIpc) is 3.08. The lowest BCUT2D eigenvalue weighted by Gasteiger charge is -2.24. The average molecular weight is 333 g/mol. The minimum atomic E-state index is 0.613. The maximum atomic E-state index is 5.56. The monoisotopic (exact) mass is 333 g/mol. The van der Waals surface area contributed by atoms with E-state index in [1.807, 2.05) is 19.1 Å². The molecule has 1 atom stereocenters. The fourth-order valence-electron chi connectivity index (χ4n) is 2.92. The molecule has 0 aromatic heterocycles. The van der Waals surface area contributed by atoms with Crippen molar-refractivity contribution in [3.8, 4) is 5.75 Å². The predicted molar refractivity (Wildman–Crippen MR) is 98.8 cm³/mol. The zero-order chi connectivity index (χ0) is 17.2. The van der Waals surface area contributed by atoms with Crippen molar-refractivity contribution in [2.45, 2.75) is 26.7 Å². The van der Waals surface area contributed by atoms with E-state index in [2.05, 4.69) is 36.3 Å². The summed E-state index contributed by atoms with van der Waals surface area (Å²) in [5, 5.41) is 3.38. The molecule has 134 valence electrons. The minimum absolute atomic E-state index is 0.613. The van der Waals surface area contributed by atoms with E-state index in [0.29, 0.717) is 12.5 Å². The Morgan fingerprint density at radius 1 is 1.42 bits per heavy atom. The molecule has 1 aliphatic rings. The van der Waals surface area contributed by atoms with Gasteiger partial charge in [-0.25, -0.2) is 0 Å². The van der Waals surface area contributed by atoms with Crippen molar-refractivity contribution in [2.24, 2.45) is 10.9 Å². The lowest BCUT2D eigenvalue weighted by atomic mass is 10.1. The molecule has 0 saturated carbocycles. The minimum Gasteiger partial charge on any atom is -0.494 e. The van der Waals surface area contributed by atoms with Crippen LogP contribution in [0.15, 0.2) is 29.3 Å². The first-order chi connectivity index (χ1) is 11.7. The van der Waals surface area contributed by atoms with Crippen molar-refractivity contribution in [3.05, 3.63) is 29.8 Å². The highest BCUT2D eigenvalue weighted by atomic mass is 16.5. The maximum absolute atomic E-state index is 5.56. The molecule has 0 aliphatic carbocycles. The summed E-state index contributed by atoms with van der Waals surface area (Å²) in [4.78, 5) is 7.00. The van der Waals surface area contributed by atoms with Gasteiger partial charge in [-0.1, -0.05) is 12.1 Å². The van der Waals surface area contributed by atoms with Crippen LogP contribution in [0.3, 0.4) is 0 Å². The van der Waals surface area contributed by atoms with Gasteiger partial charge in [-0.2, -0.15) is 0 Å². The molecular formula is C19H31N3O2. The Labute approximate surface area is 146 Å². The first kappa shape index (κ1) is 18.6. The third-order valence-corrected chi connectivity index (χ3v) is 4.12. The molecule has 0 radical (unpaired) electrons. The van der Waals surface area contributed by atoms with Crippen molar-refractivity contribution in [3.63, 3.8) is 0 Å². The van der Waals surface area contributed by atoms with Crippen LogP contribution in [0.4, 0.5) is 0 Å². The number of hydrogen-bond acceptors (Lipinski definition) is 3. The van der Waals surface area contributed by atoms with Gasteiger partial charge in [-0.05, 0) is 44.4 Å². The second-order valence-corrected chi connectivity index (χ2v) is 6.18. The van der Waals surface area contributed by atoms with E-state index in [1.165, 1.54) is 5.56 Å². The topological polar surface area (TPSA) is 46.1 Å². The molecule has 2 rings (SSSR count). The molecule has 1 fully saturated rings. The van der Waals surface area contributed by atoms with Gasteiger partial charge in [0.25, 0.3) is 0 Å². The Balaban J connectivity index is 1.88. The number of ether oxygens (including phenoxy) is 2. The summed E-state index contributed by atoms with van der Waals surface area (Å²) in [5.41, 5.74) is 1.26. The molecule has 0 spiro atoms. The fourth-order valence-corrected chi connectivity index (χ4v) is 2.92. The normalized spacial score (nSPS) is 17.8. The number of guanidine groups is 1. The Kier molecular flexibility index (Phi) is 7.89. The summed E-state index contributed by atoms with van der Waals surface area (Å²) in [7, 11) is 2.11. The Hall–Kier alpha value is -1.75. The summed E-state index contributed by atoms with van der Waals surface area (Å²) in [6, 6.07) is 8.27. The number of aliphatic imine (C=N–C) groups is 1. The van der Waals surface area contributed by atoms with Gasteiger partial charge in [-0.15, -0.1) is 0 Å². The molecule has 1 aliphatic heterocycles. The van der Waals surface area contributed by atoms with Gasteiger partial charge in [0.05, 0.1) is 13.2 Å². The number of rotatable bonds is 8. The molecule has 1 aromatic rings. The van der Waals surface area contributed by atoms with Gasteiger partial charge in [0, 0.05) is 39.2 Å². The smallest absolute Gasteiger partial charge is 0.193 e. The molecule has 5 heteroatoms. The van der Waals surface area contributed by atoms with Gasteiger partial charge in [0.1, 0.15) is 5.75 Å². The second kappa shape index (κ2) is 10.2. The maximum Gasteiger partial charge on any atom is 0.193 e. The van der Waals surface area contributed by atoms with Gasteiger partial charge < -0.3 is 19.7 Å². The Morgan fingerprint density at radius 3 is 3.00 bits per heavy atom. The standard InChI is InChI=1S/C19H31N3O2/c1-4-20-19(22(3)14-17-10-12-23-15-17)21-11-9-16-7-6-8-18(13-16)24-5-2/h6-8,13,17H,4-5,9-12,14-15H2,1-3H3,(H,20,21). The molecule has 1 N–H and O–H groups in total. The third-order valence-electron chi connectivity index (χ3n) is 4.12. The van der Waals surface area contributed by atoms with E-state index in [1.54, 1.807) is 0 Å². The van der Waals surface area contributed by atoms with Crippen molar-refractivity contribution in [1.82, 2.24) is 10.2 Å². The van der Waals surface area contributed by atoms with Gasteiger partial charge >= 0.3 is 0 Å². The lowest BCUT2D eigenvalue weighted by molar-refractivity contribution is 0.181. The van der Waals surface area contributed by atoms with Crippen molar-refractivity contribution in [2.75, 3.05) is 46.5 Å². The van der Waals surface area contributed by atoms with E-state index in [9.17, 15) is 0 Å². The molecule has 5 nitrogen and oxygen atoms in total. The first-order valence-electron chi connectivity index (χ1n) is 9.01. The second-order valence-electron chi connectivity index (χ2n) is 6.18. The molecule has 1 aromatic carbocycles. The highest BCUT2D eigenvalue weighted by Crippen LogP contribution is 2.14. The van der Waals surface area contributed by atoms with Crippen LogP contribution in [0, 0.1) is 5.92 Å². The number of nitrogens with one attached hydrogen (secondary N) is 1. The zero-order valence-electron chi connectivity index (χ0n) is 15.3. The van der Waals surface area contributed by atoms with E-state index in [0.717, 1.165) is 57.4 Å². The fraction of sp³-hybridized carbons (Fsp3) is 0.632. The van der Waals surface area contributed by atoms with E-state index in [4.69, 9.17) is 14.5 Å². The molecular weight excluding hydrogens is 302 g/mol. The molecule has 1 unspecified atom stereocenters. The third kappa shape index (κ3) is 6.04. The first-order valence-corrected chi connectivity index (χ1v) is 9.01. The van der Waals surface area contributed by atoms with Crippen molar-refractivity contribution < 1.29 is 9.47 Å². The summed E-state index contributed by atoms with van der Waals surface area (Å²) in [6.07, 6.45) is 2.06. The van der Waals surface area contributed by atoms with Crippen LogP contribution in [0.5, 0.6) is 5.75 Å². The SMILES string of the molecule is CCNC(=NCCc1cccc(OCC)c1)N(C)CC1CCOC1. The quantitative estimate of drug-likeness (QED) is 0.587. The largest absolute Gasteiger partial charge is 0.494 e. The van der Waals surface area contributed by atoms with E-state index < -0.39 is 0 Å². The van der Waals surface area contributed by atoms with Crippen molar-refractivity contribution >= 4 is 5.96 Å². The number of hydrogen-bond donors (Lipinski definition) is 1. The molecule has 0 bridgehead atoms. The summed E-state index contributed by atoms with van der Waals surface area (Å²) < 4.78 is 11.0. The highest BCUT2D eigenvalue weighted by molar-refractivity contribution is 5.79. The Morgan fingerprint density at radius 2 is 2.29 bits per heavy atom. The number of benzene rings is 1. The van der Waals surface area contributed by atoms with E-state index in [-0.39, 0.29) is 0 Å². The summed E-state index contributed by atoms with van der Waals surface area (Å²) >= 11 is 0. The predicted octanol–water partition coefficient (Wildman–Crippen LogP) is 2.56. The molecule has 1 heterocycles. The molecule has 1 saturated heterocycles. The molecule has 0 amide bonds. The lowest BCUT2D eigenvalue weighted by Crippen LogP contribution is -2.41. The van der Waals surface area contributed by atoms with Crippen LogP contribution < -0.4 is 10.1 Å². The van der Waals surface area contributed by atoms with Gasteiger partial charge in [0.2, 0.25) is 0 Å².